The lowest BCUT2D eigenvalue weighted by Crippen LogP contribution is -2.43. The smallest absolute Gasteiger partial charge is 0.391 e. The maximum absolute atomic E-state index is 12.5. The molecule has 2 heterocycles. The van der Waals surface area contributed by atoms with Gasteiger partial charge in [0.1, 0.15) is 6.04 Å². The van der Waals surface area contributed by atoms with Crippen molar-refractivity contribution in [2.24, 2.45) is 0 Å². The van der Waals surface area contributed by atoms with E-state index < -0.39 is 30.5 Å². The molecule has 0 aliphatic rings. The van der Waals surface area contributed by atoms with Crippen molar-refractivity contribution in [3.8, 4) is 0 Å². The van der Waals surface area contributed by atoms with Crippen molar-refractivity contribution in [1.29, 1.82) is 0 Å². The van der Waals surface area contributed by atoms with Crippen molar-refractivity contribution in [3.63, 3.8) is 0 Å². The van der Waals surface area contributed by atoms with Gasteiger partial charge < -0.3 is 10.4 Å². The van der Waals surface area contributed by atoms with Crippen LogP contribution in [0.5, 0.6) is 0 Å². The Kier molecular flexibility index (Phi) is 5.53. The number of nitrogens with one attached hydrogen (secondary N) is 1. The average molecular weight is 372 g/mol. The Bertz CT molecular complexity index is 832. The second-order valence-electron chi connectivity index (χ2n) is 6.08. The van der Waals surface area contributed by atoms with Crippen LogP contribution in [-0.2, 0) is 4.79 Å². The summed E-state index contributed by atoms with van der Waals surface area (Å²) < 4.78 is 39.2. The molecule has 0 bridgehead atoms. The first-order valence-corrected chi connectivity index (χ1v) is 7.98. The second-order valence-corrected chi connectivity index (χ2v) is 6.08. The molecule has 0 aliphatic heterocycles. The highest BCUT2D eigenvalue weighted by molar-refractivity contribution is 6.06. The third kappa shape index (κ3) is 4.30. The molecule has 0 aliphatic carbocycles. The molecule has 2 unspecified atom stereocenters. The minimum absolute atomic E-state index is 0.00899. The molecule has 7 nitrogen and oxygen atoms in total. The van der Waals surface area contributed by atoms with Gasteiger partial charge in [0.15, 0.2) is 5.65 Å². The number of alkyl halides is 3. The molecular weight excluding hydrogens is 353 g/mol. The maximum atomic E-state index is 12.5. The topological polar surface area (TPSA) is 97.1 Å². The van der Waals surface area contributed by atoms with E-state index in [-0.39, 0.29) is 11.6 Å². The molecule has 2 aromatic rings. The number of carboxylic acid groups (broad SMARTS) is 1. The van der Waals surface area contributed by atoms with Crippen LogP contribution in [0.4, 0.5) is 13.2 Å². The van der Waals surface area contributed by atoms with E-state index in [1.165, 1.54) is 12.3 Å². The van der Waals surface area contributed by atoms with Gasteiger partial charge in [-0.05, 0) is 26.3 Å². The summed E-state index contributed by atoms with van der Waals surface area (Å²) in [6.07, 6.45) is -4.21. The van der Waals surface area contributed by atoms with E-state index in [0.717, 1.165) is 6.42 Å². The van der Waals surface area contributed by atoms with Crippen LogP contribution in [0.25, 0.3) is 11.0 Å². The number of carbonyl (C=O) groups is 2. The standard InChI is InChI=1S/C16H19F3N4O3/c1-4-9(3)23-13-11(7-20-23)10(5-8(2)21-13)14(24)22-12(15(25)26)6-16(17,18)19/h5,7,9,12H,4,6H2,1-3H3,(H,22,24)(H,25,26). The van der Waals surface area contributed by atoms with Gasteiger partial charge in [-0.2, -0.15) is 18.3 Å². The fraction of sp³-hybridized carbons (Fsp3) is 0.500. The minimum atomic E-state index is -4.72. The minimum Gasteiger partial charge on any atom is -0.480 e. The van der Waals surface area contributed by atoms with Crippen LogP contribution in [0.1, 0.15) is 48.8 Å². The molecule has 2 aromatic heterocycles. The first-order valence-electron chi connectivity index (χ1n) is 7.98. The summed E-state index contributed by atoms with van der Waals surface area (Å²) in [5.41, 5.74) is 0.929. The van der Waals surface area contributed by atoms with Gasteiger partial charge in [0.05, 0.1) is 29.6 Å². The Morgan fingerprint density at radius 3 is 2.58 bits per heavy atom. The van der Waals surface area contributed by atoms with Crippen molar-refractivity contribution in [3.05, 3.63) is 23.5 Å². The molecule has 10 heteroatoms. The van der Waals surface area contributed by atoms with Gasteiger partial charge in [0.25, 0.3) is 5.91 Å². The summed E-state index contributed by atoms with van der Waals surface area (Å²) in [7, 11) is 0. The van der Waals surface area contributed by atoms with E-state index in [1.807, 2.05) is 19.2 Å². The second kappa shape index (κ2) is 7.30. The van der Waals surface area contributed by atoms with Crippen LogP contribution in [0.3, 0.4) is 0 Å². The lowest BCUT2D eigenvalue weighted by Gasteiger charge is -2.17. The van der Waals surface area contributed by atoms with Gasteiger partial charge in [0, 0.05) is 5.69 Å². The summed E-state index contributed by atoms with van der Waals surface area (Å²) >= 11 is 0. The van der Waals surface area contributed by atoms with Crippen molar-refractivity contribution in [1.82, 2.24) is 20.1 Å². The largest absolute Gasteiger partial charge is 0.480 e. The monoisotopic (exact) mass is 372 g/mol. The summed E-state index contributed by atoms with van der Waals surface area (Å²) in [4.78, 5) is 27.9. The third-order valence-electron chi connectivity index (χ3n) is 3.99. The van der Waals surface area contributed by atoms with Crippen molar-refractivity contribution >= 4 is 22.9 Å². The van der Waals surface area contributed by atoms with Crippen LogP contribution < -0.4 is 5.32 Å². The molecule has 0 saturated carbocycles. The molecule has 0 aromatic carbocycles. The Morgan fingerprint density at radius 2 is 2.04 bits per heavy atom. The molecule has 142 valence electrons. The molecule has 2 rings (SSSR count). The number of aromatic nitrogens is 3. The number of rotatable bonds is 6. The first-order chi connectivity index (χ1) is 12.0. The maximum Gasteiger partial charge on any atom is 0.391 e. The molecule has 0 radical (unpaired) electrons. The van der Waals surface area contributed by atoms with Crippen molar-refractivity contribution < 1.29 is 27.9 Å². The van der Waals surface area contributed by atoms with Gasteiger partial charge in [-0.25, -0.2) is 14.5 Å². The third-order valence-corrected chi connectivity index (χ3v) is 3.99. The van der Waals surface area contributed by atoms with E-state index >= 15 is 0 Å². The number of pyridine rings is 1. The zero-order valence-corrected chi connectivity index (χ0v) is 14.5. The van der Waals surface area contributed by atoms with Crippen LogP contribution in [-0.4, -0.2) is 44.0 Å². The molecule has 2 N–H and O–H groups in total. The highest BCUT2D eigenvalue weighted by atomic mass is 19.4. The summed E-state index contributed by atoms with van der Waals surface area (Å²) in [5.74, 6) is -2.67. The molecular formula is C16H19F3N4O3. The Labute approximate surface area is 147 Å². The van der Waals surface area contributed by atoms with E-state index in [9.17, 15) is 22.8 Å². The Balaban J connectivity index is 2.41. The molecule has 0 saturated heterocycles. The summed E-state index contributed by atoms with van der Waals surface area (Å²) in [6, 6.07) is -0.669. The number of halogens is 3. The van der Waals surface area contributed by atoms with Gasteiger partial charge >= 0.3 is 12.1 Å². The number of carboxylic acids is 1. The summed E-state index contributed by atoms with van der Waals surface area (Å²) in [6.45, 7) is 5.50. The predicted octanol–water partition coefficient (Wildman–Crippen LogP) is 2.85. The van der Waals surface area contributed by atoms with E-state index in [2.05, 4.69) is 10.1 Å². The van der Waals surface area contributed by atoms with Crippen LogP contribution in [0, 0.1) is 6.92 Å². The number of fused-ring (bicyclic) bond motifs is 1. The first kappa shape index (κ1) is 19.7. The van der Waals surface area contributed by atoms with Gasteiger partial charge in [0.2, 0.25) is 0 Å². The average Bonchev–Trinajstić information content (AvgIpc) is 2.94. The van der Waals surface area contributed by atoms with Crippen molar-refractivity contribution in [2.45, 2.75) is 51.9 Å². The Morgan fingerprint density at radius 1 is 1.38 bits per heavy atom. The predicted molar refractivity (Wildman–Crippen MR) is 86.8 cm³/mol. The van der Waals surface area contributed by atoms with Crippen molar-refractivity contribution in [2.75, 3.05) is 0 Å². The molecule has 26 heavy (non-hydrogen) atoms. The van der Waals surface area contributed by atoms with Crippen LogP contribution >= 0.6 is 0 Å². The van der Waals surface area contributed by atoms with E-state index in [1.54, 1.807) is 11.6 Å². The number of carbonyl (C=O) groups excluding carboxylic acids is 1. The molecule has 2 atom stereocenters. The number of aliphatic carboxylic acids is 1. The SMILES string of the molecule is CCC(C)n1ncc2c(C(=O)NC(CC(F)(F)F)C(=O)O)cc(C)nc21. The zero-order valence-electron chi connectivity index (χ0n) is 14.5. The lowest BCUT2D eigenvalue weighted by molar-refractivity contribution is -0.157. The van der Waals surface area contributed by atoms with E-state index in [4.69, 9.17) is 5.11 Å². The highest BCUT2D eigenvalue weighted by Crippen LogP contribution is 2.24. The number of amides is 1. The number of aryl methyl sites for hydroxylation is 1. The zero-order chi connectivity index (χ0) is 19.6. The van der Waals surface area contributed by atoms with Gasteiger partial charge in [-0.1, -0.05) is 6.92 Å². The number of nitrogens with zero attached hydrogens (tertiary/aromatic N) is 3. The fourth-order valence-electron chi connectivity index (χ4n) is 2.49. The van der Waals surface area contributed by atoms with Crippen LogP contribution in [0.2, 0.25) is 0 Å². The number of hydrogen-bond acceptors (Lipinski definition) is 4. The quantitative estimate of drug-likeness (QED) is 0.813. The number of hydrogen-bond donors (Lipinski definition) is 2. The molecule has 0 fully saturated rings. The normalized spacial score (nSPS) is 14.2. The Hall–Kier alpha value is -2.65. The molecule has 1 amide bonds. The van der Waals surface area contributed by atoms with Crippen LogP contribution in [0.15, 0.2) is 12.3 Å². The lowest BCUT2D eigenvalue weighted by atomic mass is 10.1. The van der Waals surface area contributed by atoms with Gasteiger partial charge in [-0.3, -0.25) is 4.79 Å². The summed E-state index contributed by atoms with van der Waals surface area (Å²) in [5, 5.41) is 15.5. The van der Waals surface area contributed by atoms with Gasteiger partial charge in [-0.15, -0.1) is 0 Å². The molecule has 0 spiro atoms. The van der Waals surface area contributed by atoms with E-state index in [0.29, 0.717) is 16.7 Å². The highest BCUT2D eigenvalue weighted by Gasteiger charge is 2.36. The fourth-order valence-corrected chi connectivity index (χ4v) is 2.49.